The smallest absolute Gasteiger partial charge is 0.365 e. The number of nitro groups is 1. The number of carbonyl (C=O) groups is 2. The fourth-order valence-electron chi connectivity index (χ4n) is 4.03. The number of hydrogen-bond acceptors (Lipinski definition) is 7. The molecule has 0 fully saturated rings. The molecule has 0 saturated heterocycles. The molecule has 4 rings (SSSR count). The van der Waals surface area contributed by atoms with Gasteiger partial charge >= 0.3 is 11.9 Å². The van der Waals surface area contributed by atoms with Gasteiger partial charge in [0.25, 0.3) is 5.91 Å². The van der Waals surface area contributed by atoms with Gasteiger partial charge in [0.05, 0.1) is 10.6 Å². The highest BCUT2D eigenvalue weighted by atomic mass is 32.1. The number of aryl methyl sites for hydroxylation is 1. The van der Waals surface area contributed by atoms with Crippen LogP contribution in [0.3, 0.4) is 0 Å². The molecule has 3 aromatic heterocycles. The van der Waals surface area contributed by atoms with Crippen LogP contribution in [0.2, 0.25) is 0 Å². The normalized spacial score (nSPS) is 12.5. The van der Waals surface area contributed by atoms with Gasteiger partial charge in [-0.2, -0.15) is 18.3 Å². The predicted molar refractivity (Wildman–Crippen MR) is 130 cm³/mol. The lowest BCUT2D eigenvalue weighted by atomic mass is 10.0. The van der Waals surface area contributed by atoms with Crippen molar-refractivity contribution in [2.75, 3.05) is 5.32 Å². The van der Waals surface area contributed by atoms with E-state index in [4.69, 9.17) is 5.73 Å². The summed E-state index contributed by atoms with van der Waals surface area (Å²) in [5, 5.41) is 17.9. The molecule has 1 unspecified atom stereocenters. The van der Waals surface area contributed by atoms with Crippen molar-refractivity contribution >= 4 is 44.7 Å². The topological polar surface area (TPSA) is 146 Å². The van der Waals surface area contributed by atoms with Gasteiger partial charge in [0, 0.05) is 5.39 Å². The third kappa shape index (κ3) is 4.67. The molecule has 0 aliphatic heterocycles. The van der Waals surface area contributed by atoms with Crippen LogP contribution < -0.4 is 11.1 Å². The summed E-state index contributed by atoms with van der Waals surface area (Å²) in [4.78, 5) is 39.4. The molecule has 0 aliphatic rings. The number of rotatable bonds is 6. The van der Waals surface area contributed by atoms with Gasteiger partial charge in [0.15, 0.2) is 0 Å². The van der Waals surface area contributed by atoms with Crippen molar-refractivity contribution in [3.8, 4) is 11.1 Å². The van der Waals surface area contributed by atoms with Gasteiger partial charge in [-0.3, -0.25) is 24.4 Å². The molecule has 198 valence electrons. The van der Waals surface area contributed by atoms with Crippen molar-refractivity contribution in [3.63, 3.8) is 0 Å². The Labute approximate surface area is 215 Å². The fraction of sp³-hybridized carbons (Fsp3) is 0.217. The lowest BCUT2D eigenvalue weighted by Gasteiger charge is -2.16. The quantitative estimate of drug-likeness (QED) is 0.193. The highest BCUT2D eigenvalue weighted by molar-refractivity contribution is 7.21. The fourth-order valence-corrected chi connectivity index (χ4v) is 5.03. The van der Waals surface area contributed by atoms with Gasteiger partial charge in [-0.25, -0.2) is 9.37 Å². The number of amides is 2. The molecule has 1 atom stereocenters. The number of benzene rings is 1. The zero-order valence-electron chi connectivity index (χ0n) is 19.9. The number of nitrogens with one attached hydrogen (secondary N) is 1. The van der Waals surface area contributed by atoms with Crippen LogP contribution in [0.1, 0.15) is 39.7 Å². The van der Waals surface area contributed by atoms with E-state index in [1.165, 1.54) is 32.9 Å². The minimum absolute atomic E-state index is 0.0108. The van der Waals surface area contributed by atoms with Crippen LogP contribution in [-0.4, -0.2) is 31.5 Å². The Balaban J connectivity index is 1.90. The van der Waals surface area contributed by atoms with E-state index in [0.29, 0.717) is 11.3 Å². The Bertz CT molecular complexity index is 1610. The Morgan fingerprint density at radius 2 is 1.84 bits per heavy atom. The number of nitrogens with two attached hydrogens (primary N) is 1. The van der Waals surface area contributed by atoms with Gasteiger partial charge in [-0.15, -0.1) is 11.3 Å². The first-order valence-corrected chi connectivity index (χ1v) is 11.6. The maximum atomic E-state index is 13.6. The van der Waals surface area contributed by atoms with E-state index in [2.05, 4.69) is 15.4 Å². The average Bonchev–Trinajstić information content (AvgIpc) is 3.34. The second kappa shape index (κ2) is 9.48. The number of thiophene rings is 1. The molecule has 10 nitrogen and oxygen atoms in total. The van der Waals surface area contributed by atoms with Crippen LogP contribution in [-0.2, 0) is 11.0 Å². The van der Waals surface area contributed by atoms with Crippen LogP contribution in [0.25, 0.3) is 21.3 Å². The van der Waals surface area contributed by atoms with E-state index in [0.717, 1.165) is 22.9 Å². The maximum Gasteiger partial charge on any atom is 0.433 e. The SMILES string of the molecule is Cc1nn(C(C)C(=O)Nc2c(C(N)=O)sc3nc(C(F)(F)F)cc(-c4ccc(F)cc4)c23)c(C)c1[N+](=O)[O-]. The summed E-state index contributed by atoms with van der Waals surface area (Å²) in [5.74, 6) is -2.44. The Kier molecular flexibility index (Phi) is 6.65. The monoisotopic (exact) mass is 550 g/mol. The molecule has 0 spiro atoms. The van der Waals surface area contributed by atoms with Gasteiger partial charge in [0.2, 0.25) is 5.91 Å². The Morgan fingerprint density at radius 3 is 2.37 bits per heavy atom. The summed E-state index contributed by atoms with van der Waals surface area (Å²) in [7, 11) is 0. The molecule has 0 aliphatic carbocycles. The molecule has 4 aromatic rings. The van der Waals surface area contributed by atoms with E-state index in [9.17, 15) is 37.3 Å². The molecular weight excluding hydrogens is 532 g/mol. The van der Waals surface area contributed by atoms with Gasteiger partial charge < -0.3 is 11.1 Å². The van der Waals surface area contributed by atoms with Crippen LogP contribution in [0, 0.1) is 29.8 Å². The zero-order chi connectivity index (χ0) is 28.1. The van der Waals surface area contributed by atoms with Crippen LogP contribution in [0.15, 0.2) is 30.3 Å². The molecule has 15 heteroatoms. The largest absolute Gasteiger partial charge is 0.433 e. The standard InChI is InChI=1S/C23H18F4N6O4S/c1-9-18(33(36)37)10(2)32(31-9)11(3)21(35)30-17-16-14(12-4-6-13(24)7-5-12)8-15(23(25,26)27)29-22(16)38-19(17)20(28)34/h4-8,11H,1-3H3,(H2,28,34)(H,30,35). The molecule has 3 heterocycles. The van der Waals surface area contributed by atoms with Gasteiger partial charge in [0.1, 0.15) is 38.6 Å². The summed E-state index contributed by atoms with van der Waals surface area (Å²) >= 11 is 0.551. The van der Waals surface area contributed by atoms with Crippen molar-refractivity contribution in [1.29, 1.82) is 0 Å². The highest BCUT2D eigenvalue weighted by Crippen LogP contribution is 2.44. The van der Waals surface area contributed by atoms with Crippen LogP contribution in [0.5, 0.6) is 0 Å². The van der Waals surface area contributed by atoms with Crippen LogP contribution >= 0.6 is 11.3 Å². The minimum Gasteiger partial charge on any atom is -0.365 e. The van der Waals surface area contributed by atoms with Gasteiger partial charge in [-0.1, -0.05) is 12.1 Å². The summed E-state index contributed by atoms with van der Waals surface area (Å²) < 4.78 is 55.6. The number of carbonyl (C=O) groups excluding carboxylic acids is 2. The van der Waals surface area contributed by atoms with Crippen molar-refractivity contribution in [2.45, 2.75) is 33.0 Å². The number of anilines is 1. The summed E-state index contributed by atoms with van der Waals surface area (Å²) in [5.41, 5.74) is 4.03. The number of hydrogen-bond donors (Lipinski definition) is 2. The third-order valence-corrected chi connectivity index (χ3v) is 6.89. The molecule has 2 amide bonds. The lowest BCUT2D eigenvalue weighted by molar-refractivity contribution is -0.386. The second-order valence-electron chi connectivity index (χ2n) is 8.30. The van der Waals surface area contributed by atoms with Crippen molar-refractivity contribution in [1.82, 2.24) is 14.8 Å². The first kappa shape index (κ1) is 26.7. The van der Waals surface area contributed by atoms with E-state index < -0.39 is 40.5 Å². The molecule has 3 N–H and O–H groups in total. The minimum atomic E-state index is -4.85. The first-order valence-electron chi connectivity index (χ1n) is 10.8. The number of primary amides is 1. The van der Waals surface area contributed by atoms with Crippen molar-refractivity contribution in [3.05, 3.63) is 68.2 Å². The molecule has 0 bridgehead atoms. The predicted octanol–water partition coefficient (Wildman–Crippen LogP) is 5.14. The molecule has 1 aromatic carbocycles. The number of pyridine rings is 1. The number of aromatic nitrogens is 3. The molecule has 38 heavy (non-hydrogen) atoms. The second-order valence-corrected chi connectivity index (χ2v) is 9.30. The lowest BCUT2D eigenvalue weighted by Crippen LogP contribution is -2.26. The number of alkyl halides is 3. The first-order chi connectivity index (χ1) is 17.7. The van der Waals surface area contributed by atoms with E-state index in [-0.39, 0.29) is 49.0 Å². The number of fused-ring (bicyclic) bond motifs is 1. The molecular formula is C23H18F4N6O4S. The van der Waals surface area contributed by atoms with E-state index in [1.807, 2.05) is 0 Å². The highest BCUT2D eigenvalue weighted by Gasteiger charge is 2.35. The van der Waals surface area contributed by atoms with E-state index in [1.54, 1.807) is 0 Å². The number of nitrogens with zero attached hydrogens (tertiary/aromatic N) is 4. The van der Waals surface area contributed by atoms with Gasteiger partial charge in [-0.05, 0) is 50.1 Å². The number of halogens is 4. The van der Waals surface area contributed by atoms with Crippen LogP contribution in [0.4, 0.5) is 28.9 Å². The molecule has 0 saturated carbocycles. The Morgan fingerprint density at radius 1 is 1.21 bits per heavy atom. The molecule has 0 radical (unpaired) electrons. The third-order valence-electron chi connectivity index (χ3n) is 5.80. The van der Waals surface area contributed by atoms with Crippen molar-refractivity contribution in [2.24, 2.45) is 5.73 Å². The zero-order valence-corrected chi connectivity index (χ0v) is 20.7. The average molecular weight is 550 g/mol. The van der Waals surface area contributed by atoms with Crippen molar-refractivity contribution < 1.29 is 32.1 Å². The maximum absolute atomic E-state index is 13.6. The van der Waals surface area contributed by atoms with E-state index >= 15 is 0 Å². The summed E-state index contributed by atoms with van der Waals surface area (Å²) in [6.07, 6.45) is -4.85. The Hall–Kier alpha value is -4.40. The summed E-state index contributed by atoms with van der Waals surface area (Å²) in [6, 6.07) is 4.19. The summed E-state index contributed by atoms with van der Waals surface area (Å²) in [6.45, 7) is 4.21.